The molecular formula is C14H10ClNOS. The van der Waals surface area contributed by atoms with Crippen LogP contribution >= 0.6 is 22.9 Å². The van der Waals surface area contributed by atoms with Crippen LogP contribution in [0.3, 0.4) is 0 Å². The van der Waals surface area contributed by atoms with Crippen molar-refractivity contribution in [1.29, 1.82) is 0 Å². The minimum atomic E-state index is 0.720. The molecule has 0 aliphatic heterocycles. The Morgan fingerprint density at radius 2 is 2.00 bits per heavy atom. The zero-order valence-electron chi connectivity index (χ0n) is 9.47. The van der Waals surface area contributed by atoms with E-state index >= 15 is 0 Å². The van der Waals surface area contributed by atoms with Crippen LogP contribution < -0.4 is 0 Å². The number of oxazole rings is 1. The molecule has 1 aromatic carbocycles. The van der Waals surface area contributed by atoms with Crippen molar-refractivity contribution in [2.24, 2.45) is 0 Å². The Labute approximate surface area is 114 Å². The van der Waals surface area contributed by atoms with Crippen molar-refractivity contribution in [2.45, 2.75) is 6.42 Å². The van der Waals surface area contributed by atoms with Crippen LogP contribution in [-0.2, 0) is 6.42 Å². The van der Waals surface area contributed by atoms with E-state index in [1.54, 1.807) is 17.5 Å². The highest BCUT2D eigenvalue weighted by Crippen LogP contribution is 2.23. The summed E-state index contributed by atoms with van der Waals surface area (Å²) in [5.41, 5.74) is 0.990. The molecule has 2 nitrogen and oxygen atoms in total. The van der Waals surface area contributed by atoms with Gasteiger partial charge >= 0.3 is 0 Å². The standard InChI is InChI=1S/C14H10ClNOS/c15-11-5-3-10(4-6-11)13-9-16-14(17-13)8-12-2-1-7-18-12/h1-7,9H,8H2. The average molecular weight is 276 g/mol. The second-order valence-corrected chi connectivity index (χ2v) is 5.35. The Hall–Kier alpha value is -1.58. The van der Waals surface area contributed by atoms with Crippen LogP contribution in [0.4, 0.5) is 0 Å². The maximum Gasteiger partial charge on any atom is 0.200 e. The van der Waals surface area contributed by atoms with E-state index in [1.807, 2.05) is 30.3 Å². The molecule has 0 bridgehead atoms. The van der Waals surface area contributed by atoms with Gasteiger partial charge in [-0.15, -0.1) is 11.3 Å². The molecule has 3 rings (SSSR count). The number of hydrogen-bond donors (Lipinski definition) is 0. The van der Waals surface area contributed by atoms with E-state index in [1.165, 1.54) is 4.88 Å². The van der Waals surface area contributed by atoms with Crippen molar-refractivity contribution in [3.05, 3.63) is 63.8 Å². The molecule has 0 atom stereocenters. The van der Waals surface area contributed by atoms with Crippen LogP contribution in [0.2, 0.25) is 5.02 Å². The van der Waals surface area contributed by atoms with Crippen LogP contribution in [-0.4, -0.2) is 4.98 Å². The molecule has 18 heavy (non-hydrogen) atoms. The van der Waals surface area contributed by atoms with Crippen LogP contribution in [0, 0.1) is 0 Å². The maximum atomic E-state index is 5.85. The first-order valence-corrected chi connectivity index (χ1v) is 6.80. The summed E-state index contributed by atoms with van der Waals surface area (Å²) in [6, 6.07) is 11.7. The maximum absolute atomic E-state index is 5.85. The molecule has 2 heterocycles. The SMILES string of the molecule is Clc1ccc(-c2cnc(Cc3cccs3)o2)cc1. The third-order valence-electron chi connectivity index (χ3n) is 2.59. The first-order valence-electron chi connectivity index (χ1n) is 5.54. The number of aromatic nitrogens is 1. The Kier molecular flexibility index (Phi) is 3.17. The Bertz CT molecular complexity index is 628. The molecule has 0 fully saturated rings. The highest BCUT2D eigenvalue weighted by molar-refractivity contribution is 7.09. The van der Waals surface area contributed by atoms with Gasteiger partial charge in [-0.3, -0.25) is 0 Å². The number of benzene rings is 1. The summed E-state index contributed by atoms with van der Waals surface area (Å²) in [6.07, 6.45) is 2.50. The molecule has 0 saturated heterocycles. The topological polar surface area (TPSA) is 26.0 Å². The van der Waals surface area contributed by atoms with Crippen molar-refractivity contribution >= 4 is 22.9 Å². The Morgan fingerprint density at radius 3 is 2.72 bits per heavy atom. The minimum absolute atomic E-state index is 0.720. The molecule has 0 unspecified atom stereocenters. The van der Waals surface area contributed by atoms with E-state index in [0.29, 0.717) is 0 Å². The second kappa shape index (κ2) is 4.96. The lowest BCUT2D eigenvalue weighted by atomic mass is 10.2. The fourth-order valence-electron chi connectivity index (χ4n) is 1.70. The monoisotopic (exact) mass is 275 g/mol. The number of nitrogens with zero attached hydrogens (tertiary/aromatic N) is 1. The van der Waals surface area contributed by atoms with Gasteiger partial charge in [-0.05, 0) is 35.7 Å². The predicted octanol–water partition coefficient (Wildman–Crippen LogP) is 4.65. The fourth-order valence-corrected chi connectivity index (χ4v) is 2.52. The highest BCUT2D eigenvalue weighted by atomic mass is 35.5. The lowest BCUT2D eigenvalue weighted by molar-refractivity contribution is 0.520. The van der Waals surface area contributed by atoms with Gasteiger partial charge in [0.25, 0.3) is 0 Å². The summed E-state index contributed by atoms with van der Waals surface area (Å²) in [4.78, 5) is 5.55. The second-order valence-electron chi connectivity index (χ2n) is 3.88. The molecule has 0 spiro atoms. The first kappa shape index (κ1) is 11.5. The van der Waals surface area contributed by atoms with E-state index in [-0.39, 0.29) is 0 Å². The van der Waals surface area contributed by atoms with Crippen molar-refractivity contribution < 1.29 is 4.42 Å². The van der Waals surface area contributed by atoms with E-state index in [0.717, 1.165) is 28.7 Å². The van der Waals surface area contributed by atoms with Crippen LogP contribution in [0.1, 0.15) is 10.8 Å². The van der Waals surface area contributed by atoms with E-state index in [2.05, 4.69) is 16.4 Å². The predicted molar refractivity (Wildman–Crippen MR) is 74.1 cm³/mol. The highest BCUT2D eigenvalue weighted by Gasteiger charge is 2.07. The molecule has 0 amide bonds. The van der Waals surface area contributed by atoms with Gasteiger partial charge in [0.15, 0.2) is 11.7 Å². The zero-order chi connectivity index (χ0) is 12.4. The lowest BCUT2D eigenvalue weighted by Gasteiger charge is -1.96. The van der Waals surface area contributed by atoms with Crippen molar-refractivity contribution in [1.82, 2.24) is 4.98 Å². The molecule has 0 radical (unpaired) electrons. The van der Waals surface area contributed by atoms with Gasteiger partial charge in [-0.2, -0.15) is 0 Å². The molecule has 2 aromatic heterocycles. The van der Waals surface area contributed by atoms with E-state index < -0.39 is 0 Å². The van der Waals surface area contributed by atoms with Crippen molar-refractivity contribution in [3.8, 4) is 11.3 Å². The summed E-state index contributed by atoms with van der Waals surface area (Å²) < 4.78 is 5.74. The van der Waals surface area contributed by atoms with E-state index in [4.69, 9.17) is 16.0 Å². The van der Waals surface area contributed by atoms with Gasteiger partial charge in [0.1, 0.15) is 0 Å². The molecule has 0 aliphatic rings. The Morgan fingerprint density at radius 1 is 1.17 bits per heavy atom. The molecule has 0 saturated carbocycles. The summed E-state index contributed by atoms with van der Waals surface area (Å²) >= 11 is 7.56. The summed E-state index contributed by atoms with van der Waals surface area (Å²) in [7, 11) is 0. The molecule has 90 valence electrons. The summed E-state index contributed by atoms with van der Waals surface area (Å²) in [5.74, 6) is 1.51. The third-order valence-corrected chi connectivity index (χ3v) is 3.72. The van der Waals surface area contributed by atoms with Gasteiger partial charge in [-0.1, -0.05) is 17.7 Å². The van der Waals surface area contributed by atoms with Gasteiger partial charge in [0, 0.05) is 15.5 Å². The normalized spacial score (nSPS) is 10.7. The van der Waals surface area contributed by atoms with Gasteiger partial charge < -0.3 is 4.42 Å². The quantitative estimate of drug-likeness (QED) is 0.695. The number of halogens is 1. The molecule has 4 heteroatoms. The van der Waals surface area contributed by atoms with Gasteiger partial charge in [0.2, 0.25) is 0 Å². The van der Waals surface area contributed by atoms with Crippen molar-refractivity contribution in [3.63, 3.8) is 0 Å². The summed E-state index contributed by atoms with van der Waals surface area (Å²) in [5, 5.41) is 2.77. The first-order chi connectivity index (χ1) is 8.81. The Balaban J connectivity index is 1.83. The average Bonchev–Trinajstić information content (AvgIpc) is 3.02. The molecule has 0 aliphatic carbocycles. The zero-order valence-corrected chi connectivity index (χ0v) is 11.0. The minimum Gasteiger partial charge on any atom is -0.440 e. The molecular weight excluding hydrogens is 266 g/mol. The van der Waals surface area contributed by atoms with Crippen LogP contribution in [0.25, 0.3) is 11.3 Å². The van der Waals surface area contributed by atoms with E-state index in [9.17, 15) is 0 Å². The molecule has 3 aromatic rings. The number of hydrogen-bond acceptors (Lipinski definition) is 3. The molecule has 0 N–H and O–H groups in total. The largest absolute Gasteiger partial charge is 0.440 e. The lowest BCUT2D eigenvalue weighted by Crippen LogP contribution is -1.82. The number of thiophene rings is 1. The van der Waals surface area contributed by atoms with Crippen molar-refractivity contribution in [2.75, 3.05) is 0 Å². The van der Waals surface area contributed by atoms with Gasteiger partial charge in [0.05, 0.1) is 12.6 Å². The number of rotatable bonds is 3. The van der Waals surface area contributed by atoms with Gasteiger partial charge in [-0.25, -0.2) is 4.98 Å². The fraction of sp³-hybridized carbons (Fsp3) is 0.0714. The van der Waals surface area contributed by atoms with Crippen LogP contribution in [0.5, 0.6) is 0 Å². The smallest absolute Gasteiger partial charge is 0.200 e. The summed E-state index contributed by atoms with van der Waals surface area (Å²) in [6.45, 7) is 0. The third kappa shape index (κ3) is 2.47. The van der Waals surface area contributed by atoms with Crippen LogP contribution in [0.15, 0.2) is 52.4 Å².